The number of nitrogens with one attached hydrogen (secondary N) is 1. The second-order valence-corrected chi connectivity index (χ2v) is 5.80. The molecule has 1 amide bonds. The summed E-state index contributed by atoms with van der Waals surface area (Å²) in [4.78, 5) is 25.1. The van der Waals surface area contributed by atoms with Crippen LogP contribution in [0.15, 0.2) is 57.8 Å². The van der Waals surface area contributed by atoms with Crippen molar-refractivity contribution in [3.63, 3.8) is 0 Å². The van der Waals surface area contributed by atoms with Crippen molar-refractivity contribution >= 4 is 38.4 Å². The maximum Gasteiger partial charge on any atom is 0.280 e. The number of carbonyl (C=O) groups excluding carboxylic acids is 1. The molecule has 0 spiro atoms. The number of hydrogen-bond donors (Lipinski definition) is 1. The highest BCUT2D eigenvalue weighted by Crippen LogP contribution is 2.21. The van der Waals surface area contributed by atoms with Gasteiger partial charge in [0.15, 0.2) is 5.69 Å². The topological polar surface area (TPSA) is 64.0 Å². The minimum absolute atomic E-state index is 0.110. The van der Waals surface area contributed by atoms with E-state index in [-0.39, 0.29) is 11.1 Å². The van der Waals surface area contributed by atoms with Gasteiger partial charge in [0, 0.05) is 16.4 Å². The Balaban J connectivity index is 2.09. The molecule has 0 saturated carbocycles. The Kier molecular flexibility index (Phi) is 4.25. The van der Waals surface area contributed by atoms with Gasteiger partial charge in [0.2, 0.25) is 5.43 Å². The number of carbonyl (C=O) groups is 1. The molecule has 3 rings (SSSR count). The summed E-state index contributed by atoms with van der Waals surface area (Å²) in [7, 11) is 0. The van der Waals surface area contributed by atoms with Crippen LogP contribution in [-0.4, -0.2) is 15.7 Å². The monoisotopic (exact) mass is 371 g/mol. The molecule has 0 atom stereocenters. The molecule has 3 aromatic rings. The van der Waals surface area contributed by atoms with E-state index >= 15 is 0 Å². The Morgan fingerprint density at radius 3 is 2.61 bits per heavy atom. The number of aromatic nitrogens is 2. The van der Waals surface area contributed by atoms with E-state index in [9.17, 15) is 9.59 Å². The number of halogens is 1. The zero-order valence-electron chi connectivity index (χ0n) is 12.4. The van der Waals surface area contributed by atoms with Gasteiger partial charge in [-0.1, -0.05) is 24.3 Å². The van der Waals surface area contributed by atoms with Crippen molar-refractivity contribution in [2.24, 2.45) is 0 Å². The van der Waals surface area contributed by atoms with Crippen LogP contribution < -0.4 is 10.7 Å². The van der Waals surface area contributed by atoms with Gasteiger partial charge in [0.1, 0.15) is 0 Å². The summed E-state index contributed by atoms with van der Waals surface area (Å²) in [6.45, 7) is 2.48. The number of nitrogens with zero attached hydrogens (tertiary/aromatic N) is 2. The van der Waals surface area contributed by atoms with Crippen LogP contribution in [0.25, 0.3) is 10.9 Å². The summed E-state index contributed by atoms with van der Waals surface area (Å²) in [5.41, 5.74) is 0.837. The molecule has 0 bridgehead atoms. The third-order valence-electron chi connectivity index (χ3n) is 3.50. The highest BCUT2D eigenvalue weighted by Gasteiger charge is 2.17. The Morgan fingerprint density at radius 2 is 1.87 bits per heavy atom. The van der Waals surface area contributed by atoms with Crippen molar-refractivity contribution in [2.45, 2.75) is 13.5 Å². The molecule has 0 fully saturated rings. The van der Waals surface area contributed by atoms with E-state index in [0.717, 1.165) is 9.99 Å². The Bertz CT molecular complexity index is 950. The van der Waals surface area contributed by atoms with E-state index in [1.807, 2.05) is 31.2 Å². The van der Waals surface area contributed by atoms with Crippen molar-refractivity contribution in [3.8, 4) is 0 Å². The van der Waals surface area contributed by atoms with Crippen LogP contribution in [0, 0.1) is 0 Å². The molecule has 1 aromatic heterocycles. The molecule has 1 N–H and O–H groups in total. The average Bonchev–Trinajstić information content (AvgIpc) is 2.57. The fourth-order valence-corrected chi connectivity index (χ4v) is 2.76. The number of fused-ring (bicyclic) bond motifs is 1. The minimum atomic E-state index is -0.519. The molecule has 0 unspecified atom stereocenters. The van der Waals surface area contributed by atoms with Gasteiger partial charge in [0.25, 0.3) is 5.91 Å². The van der Waals surface area contributed by atoms with E-state index in [0.29, 0.717) is 17.6 Å². The van der Waals surface area contributed by atoms with Gasteiger partial charge in [-0.05, 0) is 47.1 Å². The zero-order valence-corrected chi connectivity index (χ0v) is 14.0. The quantitative estimate of drug-likeness (QED) is 0.766. The van der Waals surface area contributed by atoms with Gasteiger partial charge in [-0.25, -0.2) is 0 Å². The zero-order chi connectivity index (χ0) is 16.4. The van der Waals surface area contributed by atoms with Crippen LogP contribution in [0.4, 0.5) is 5.69 Å². The number of amides is 1. The summed E-state index contributed by atoms with van der Waals surface area (Å²) in [6, 6.07) is 14.4. The molecule has 0 aliphatic carbocycles. The predicted molar refractivity (Wildman–Crippen MR) is 93.8 cm³/mol. The standard InChI is InChI=1S/C17H14BrN3O2/c1-2-21-14-10-6-3-7-11(14)16(22)15(20-21)17(23)19-13-9-5-4-8-12(13)18/h3-10H,2H2,1H3,(H,19,23). The molecule has 2 aromatic carbocycles. The van der Waals surface area contributed by atoms with Crippen LogP contribution in [0.3, 0.4) is 0 Å². The number of para-hydroxylation sites is 2. The van der Waals surface area contributed by atoms with Crippen LogP contribution in [0.2, 0.25) is 0 Å². The lowest BCUT2D eigenvalue weighted by atomic mass is 10.2. The van der Waals surface area contributed by atoms with Gasteiger partial charge in [-0.15, -0.1) is 0 Å². The first-order valence-electron chi connectivity index (χ1n) is 7.17. The number of benzene rings is 2. The van der Waals surface area contributed by atoms with Crippen LogP contribution >= 0.6 is 15.9 Å². The van der Waals surface area contributed by atoms with Gasteiger partial charge in [-0.2, -0.15) is 5.10 Å². The average molecular weight is 372 g/mol. The molecular formula is C17H14BrN3O2. The van der Waals surface area contributed by atoms with Crippen molar-refractivity contribution in [1.82, 2.24) is 9.78 Å². The highest BCUT2D eigenvalue weighted by atomic mass is 79.9. The Labute approximate surface area is 141 Å². The van der Waals surface area contributed by atoms with Gasteiger partial charge in [-0.3, -0.25) is 14.3 Å². The summed E-state index contributed by atoms with van der Waals surface area (Å²) < 4.78 is 2.40. The van der Waals surface area contributed by atoms with E-state index in [4.69, 9.17) is 0 Å². The third kappa shape index (κ3) is 2.90. The number of rotatable bonds is 3. The largest absolute Gasteiger partial charge is 0.319 e. The molecule has 0 radical (unpaired) electrons. The Hall–Kier alpha value is -2.47. The van der Waals surface area contributed by atoms with Gasteiger partial charge < -0.3 is 5.32 Å². The summed E-state index contributed by atoms with van der Waals surface area (Å²) in [6.07, 6.45) is 0. The molecule has 23 heavy (non-hydrogen) atoms. The number of anilines is 1. The summed E-state index contributed by atoms with van der Waals surface area (Å²) in [5.74, 6) is -0.519. The second kappa shape index (κ2) is 6.34. The maximum atomic E-state index is 12.6. The molecule has 0 aliphatic heterocycles. The van der Waals surface area contributed by atoms with E-state index in [2.05, 4.69) is 26.3 Å². The summed E-state index contributed by atoms with van der Waals surface area (Å²) in [5, 5.41) is 7.43. The number of aryl methyl sites for hydroxylation is 1. The van der Waals surface area contributed by atoms with E-state index < -0.39 is 5.91 Å². The number of hydrogen-bond acceptors (Lipinski definition) is 3. The lowest BCUT2D eigenvalue weighted by Gasteiger charge is -2.11. The van der Waals surface area contributed by atoms with Gasteiger partial charge in [0.05, 0.1) is 11.2 Å². The van der Waals surface area contributed by atoms with E-state index in [1.165, 1.54) is 0 Å². The molecule has 116 valence electrons. The Morgan fingerprint density at radius 1 is 1.17 bits per heavy atom. The third-order valence-corrected chi connectivity index (χ3v) is 4.19. The normalized spacial score (nSPS) is 10.7. The van der Waals surface area contributed by atoms with Crippen molar-refractivity contribution in [1.29, 1.82) is 0 Å². The molecule has 0 saturated heterocycles. The highest BCUT2D eigenvalue weighted by molar-refractivity contribution is 9.10. The summed E-state index contributed by atoms with van der Waals surface area (Å²) >= 11 is 3.37. The lowest BCUT2D eigenvalue weighted by molar-refractivity contribution is 0.101. The first-order valence-corrected chi connectivity index (χ1v) is 7.97. The first kappa shape index (κ1) is 15.4. The fourth-order valence-electron chi connectivity index (χ4n) is 2.37. The lowest BCUT2D eigenvalue weighted by Crippen LogP contribution is -2.27. The van der Waals surface area contributed by atoms with Gasteiger partial charge >= 0.3 is 0 Å². The van der Waals surface area contributed by atoms with Crippen LogP contribution in [-0.2, 0) is 6.54 Å². The van der Waals surface area contributed by atoms with Crippen molar-refractivity contribution in [3.05, 3.63) is 68.9 Å². The fraction of sp³-hybridized carbons (Fsp3) is 0.118. The minimum Gasteiger partial charge on any atom is -0.319 e. The molecular weight excluding hydrogens is 358 g/mol. The van der Waals surface area contributed by atoms with Crippen molar-refractivity contribution in [2.75, 3.05) is 5.32 Å². The predicted octanol–water partition coefficient (Wildman–Crippen LogP) is 3.43. The van der Waals surface area contributed by atoms with Crippen LogP contribution in [0.1, 0.15) is 17.4 Å². The molecule has 0 aliphatic rings. The van der Waals surface area contributed by atoms with Crippen LogP contribution in [0.5, 0.6) is 0 Å². The molecule has 6 heteroatoms. The van der Waals surface area contributed by atoms with E-state index in [1.54, 1.807) is 28.9 Å². The maximum absolute atomic E-state index is 12.6. The SMILES string of the molecule is CCn1nc(C(=O)Nc2ccccc2Br)c(=O)c2ccccc21. The van der Waals surface area contributed by atoms with Crippen molar-refractivity contribution < 1.29 is 4.79 Å². The second-order valence-electron chi connectivity index (χ2n) is 4.94. The smallest absolute Gasteiger partial charge is 0.280 e. The molecule has 1 heterocycles. The first-order chi connectivity index (χ1) is 11.1. The molecule has 5 nitrogen and oxygen atoms in total.